The SMILES string of the molecule is CC.COC(C)(C)C.Cc1c(NC(=O)c2ccccc2Cl)nc(N2CCCC2)n1C1=CCCCC=C1. The second-order valence-corrected chi connectivity index (χ2v) is 10.00. The Kier molecular flexibility index (Phi) is 11.7. The van der Waals surface area contributed by atoms with Gasteiger partial charge in [0.15, 0.2) is 5.82 Å². The average Bonchev–Trinajstić information content (AvgIpc) is 3.41. The Morgan fingerprint density at radius 1 is 1.08 bits per heavy atom. The van der Waals surface area contributed by atoms with Gasteiger partial charge >= 0.3 is 0 Å². The molecule has 0 atom stereocenters. The van der Waals surface area contributed by atoms with Crippen LogP contribution in [0.1, 0.15) is 82.8 Å². The van der Waals surface area contributed by atoms with E-state index in [-0.39, 0.29) is 11.5 Å². The van der Waals surface area contributed by atoms with Crippen LogP contribution in [0.4, 0.5) is 11.8 Å². The number of nitrogens with one attached hydrogen (secondary N) is 1. The maximum Gasteiger partial charge on any atom is 0.258 e. The molecule has 1 aliphatic carbocycles. The van der Waals surface area contributed by atoms with Gasteiger partial charge < -0.3 is 15.0 Å². The summed E-state index contributed by atoms with van der Waals surface area (Å²) >= 11 is 6.19. The third kappa shape index (κ3) is 8.24. The van der Waals surface area contributed by atoms with E-state index in [1.54, 1.807) is 19.2 Å². The van der Waals surface area contributed by atoms with Crippen LogP contribution in [0.5, 0.6) is 0 Å². The highest BCUT2D eigenvalue weighted by molar-refractivity contribution is 6.34. The molecule has 0 saturated carbocycles. The number of methoxy groups -OCH3 is 1. The summed E-state index contributed by atoms with van der Waals surface area (Å²) in [6, 6.07) is 7.07. The lowest BCUT2D eigenvalue weighted by atomic mass is 10.2. The molecule has 1 aliphatic heterocycles. The first-order valence-electron chi connectivity index (χ1n) is 13.0. The lowest BCUT2D eigenvalue weighted by Crippen LogP contribution is -2.22. The summed E-state index contributed by atoms with van der Waals surface area (Å²) in [7, 11) is 1.71. The van der Waals surface area contributed by atoms with E-state index in [9.17, 15) is 4.79 Å². The van der Waals surface area contributed by atoms with Crippen molar-refractivity contribution in [2.45, 2.75) is 79.2 Å². The minimum absolute atomic E-state index is 0.0417. The quantitative estimate of drug-likeness (QED) is 0.453. The van der Waals surface area contributed by atoms with Crippen LogP contribution in [-0.4, -0.2) is 41.3 Å². The predicted octanol–water partition coefficient (Wildman–Crippen LogP) is 7.74. The van der Waals surface area contributed by atoms with Gasteiger partial charge in [0.25, 0.3) is 5.91 Å². The number of ether oxygens (including phenoxy) is 1. The van der Waals surface area contributed by atoms with Gasteiger partial charge in [-0.25, -0.2) is 0 Å². The Bertz CT molecular complexity index is 1040. The first-order chi connectivity index (χ1) is 17.2. The van der Waals surface area contributed by atoms with Crippen LogP contribution in [0.25, 0.3) is 5.70 Å². The zero-order chi connectivity index (χ0) is 26.7. The maximum atomic E-state index is 12.8. The number of anilines is 2. The Balaban J connectivity index is 0.000000502. The van der Waals surface area contributed by atoms with Crippen molar-refractivity contribution >= 4 is 35.0 Å². The minimum Gasteiger partial charge on any atom is -0.379 e. The molecule has 0 spiro atoms. The Labute approximate surface area is 222 Å². The summed E-state index contributed by atoms with van der Waals surface area (Å²) in [5, 5.41) is 3.41. The van der Waals surface area contributed by atoms with E-state index in [1.165, 1.54) is 12.8 Å². The van der Waals surface area contributed by atoms with Gasteiger partial charge in [0.1, 0.15) is 0 Å². The topological polar surface area (TPSA) is 59.4 Å². The Morgan fingerprint density at radius 3 is 2.33 bits per heavy atom. The van der Waals surface area contributed by atoms with E-state index in [1.807, 2.05) is 53.7 Å². The molecule has 1 amide bonds. The van der Waals surface area contributed by atoms with E-state index >= 15 is 0 Å². The molecule has 2 heterocycles. The number of halogens is 1. The fourth-order valence-corrected chi connectivity index (χ4v) is 4.01. The zero-order valence-electron chi connectivity index (χ0n) is 23.0. The third-order valence-corrected chi connectivity index (χ3v) is 6.25. The highest BCUT2D eigenvalue weighted by Gasteiger charge is 2.24. The molecular weight excluding hydrogens is 472 g/mol. The summed E-state index contributed by atoms with van der Waals surface area (Å²) in [6.07, 6.45) is 12.3. The van der Waals surface area contributed by atoms with Gasteiger partial charge in [-0.3, -0.25) is 9.36 Å². The van der Waals surface area contributed by atoms with Crippen LogP contribution in [0.2, 0.25) is 5.02 Å². The van der Waals surface area contributed by atoms with Crippen molar-refractivity contribution in [2.75, 3.05) is 30.4 Å². The molecule has 1 N–H and O–H groups in total. The van der Waals surface area contributed by atoms with Crippen LogP contribution >= 0.6 is 11.6 Å². The third-order valence-electron chi connectivity index (χ3n) is 5.92. The maximum absolute atomic E-state index is 12.8. The molecule has 1 aromatic carbocycles. The number of rotatable bonds is 4. The number of allylic oxidation sites excluding steroid dienone is 4. The van der Waals surface area contributed by atoms with Crippen molar-refractivity contribution < 1.29 is 9.53 Å². The molecule has 2 aromatic rings. The number of hydrogen-bond donors (Lipinski definition) is 1. The summed E-state index contributed by atoms with van der Waals surface area (Å²) in [6.45, 7) is 14.1. The number of hydrogen-bond acceptors (Lipinski definition) is 4. The van der Waals surface area contributed by atoms with Crippen molar-refractivity contribution in [1.82, 2.24) is 9.55 Å². The van der Waals surface area contributed by atoms with E-state index in [2.05, 4.69) is 33.0 Å². The largest absolute Gasteiger partial charge is 0.379 e. The van der Waals surface area contributed by atoms with Crippen molar-refractivity contribution in [3.05, 3.63) is 58.8 Å². The lowest BCUT2D eigenvalue weighted by molar-refractivity contribution is 0.0397. The molecule has 4 rings (SSSR count). The highest BCUT2D eigenvalue weighted by Crippen LogP contribution is 2.31. The van der Waals surface area contributed by atoms with E-state index in [0.29, 0.717) is 16.4 Å². The summed E-state index contributed by atoms with van der Waals surface area (Å²) < 4.78 is 7.11. The average molecular weight is 515 g/mol. The minimum atomic E-state index is -0.239. The van der Waals surface area contributed by atoms with Crippen LogP contribution in [-0.2, 0) is 4.74 Å². The first-order valence-corrected chi connectivity index (χ1v) is 13.4. The number of imidazole rings is 1. The first kappa shape index (κ1) is 29.7. The van der Waals surface area contributed by atoms with Crippen molar-refractivity contribution in [1.29, 1.82) is 0 Å². The molecule has 36 heavy (non-hydrogen) atoms. The molecule has 1 fully saturated rings. The molecule has 6 nitrogen and oxygen atoms in total. The smallest absolute Gasteiger partial charge is 0.258 e. The van der Waals surface area contributed by atoms with Crippen molar-refractivity contribution in [3.8, 4) is 0 Å². The van der Waals surface area contributed by atoms with Crippen molar-refractivity contribution in [2.24, 2.45) is 0 Å². The van der Waals surface area contributed by atoms with Crippen LogP contribution in [0.15, 0.2) is 42.5 Å². The predicted molar refractivity (Wildman–Crippen MR) is 153 cm³/mol. The van der Waals surface area contributed by atoms with Gasteiger partial charge in [-0.15, -0.1) is 0 Å². The number of carbonyl (C=O) groups is 1. The standard InChI is InChI=1S/C22H25ClN4O.C5H12O.C2H6/c1-16-20(24-21(28)18-12-6-7-13-19(18)23)25-22(26-14-8-9-15-26)27(16)17-10-4-2-3-5-11-17;1-5(2,3)6-4;1-2/h4,6-7,10-13H,2-3,5,8-9,14-15H2,1H3,(H,24,28);1-4H3;1-2H3. The molecule has 2 aliphatic rings. The number of carbonyl (C=O) groups excluding carboxylic acids is 1. The van der Waals surface area contributed by atoms with E-state index in [4.69, 9.17) is 21.3 Å². The monoisotopic (exact) mass is 514 g/mol. The number of amides is 1. The Morgan fingerprint density at radius 2 is 1.72 bits per heavy atom. The van der Waals surface area contributed by atoms with Gasteiger partial charge in [-0.05, 0) is 78.0 Å². The second-order valence-electron chi connectivity index (χ2n) is 9.59. The van der Waals surface area contributed by atoms with Crippen molar-refractivity contribution in [3.63, 3.8) is 0 Å². The summed E-state index contributed by atoms with van der Waals surface area (Å²) in [5.74, 6) is 1.25. The second kappa shape index (κ2) is 14.2. The van der Waals surface area contributed by atoms with Crippen LogP contribution in [0, 0.1) is 6.92 Å². The van der Waals surface area contributed by atoms with E-state index in [0.717, 1.165) is 49.7 Å². The fourth-order valence-electron chi connectivity index (χ4n) is 3.79. The Hall–Kier alpha value is -2.57. The zero-order valence-corrected chi connectivity index (χ0v) is 23.8. The number of aromatic nitrogens is 2. The van der Waals surface area contributed by atoms with Crippen LogP contribution < -0.4 is 10.2 Å². The highest BCUT2D eigenvalue weighted by atomic mass is 35.5. The van der Waals surface area contributed by atoms with Gasteiger partial charge in [0, 0.05) is 25.9 Å². The van der Waals surface area contributed by atoms with Crippen LogP contribution in [0.3, 0.4) is 0 Å². The van der Waals surface area contributed by atoms with Gasteiger partial charge in [-0.2, -0.15) is 4.98 Å². The number of benzene rings is 1. The summed E-state index contributed by atoms with van der Waals surface area (Å²) in [5.41, 5.74) is 2.55. The normalized spacial score (nSPS) is 15.2. The molecular formula is C29H43ClN4O2. The molecule has 198 valence electrons. The number of nitrogens with zero attached hydrogens (tertiary/aromatic N) is 3. The van der Waals surface area contributed by atoms with Gasteiger partial charge in [0.05, 0.1) is 21.9 Å². The molecule has 1 saturated heterocycles. The molecule has 0 unspecified atom stereocenters. The molecule has 0 bridgehead atoms. The fraction of sp³-hybridized carbons (Fsp3) is 0.517. The lowest BCUT2D eigenvalue weighted by Gasteiger charge is -2.19. The molecule has 1 aromatic heterocycles. The van der Waals surface area contributed by atoms with E-state index < -0.39 is 0 Å². The molecule has 7 heteroatoms. The van der Waals surface area contributed by atoms with Gasteiger partial charge in [0.2, 0.25) is 5.95 Å². The molecule has 0 radical (unpaired) electrons. The summed E-state index contributed by atoms with van der Waals surface area (Å²) in [4.78, 5) is 19.9. The van der Waals surface area contributed by atoms with Gasteiger partial charge in [-0.1, -0.05) is 49.7 Å².